The van der Waals surface area contributed by atoms with E-state index in [0.29, 0.717) is 36.9 Å². The first kappa shape index (κ1) is 19.1. The van der Waals surface area contributed by atoms with Gasteiger partial charge in [-0.3, -0.25) is 9.79 Å². The first-order valence-electron chi connectivity index (χ1n) is 9.66. The van der Waals surface area contributed by atoms with Crippen molar-refractivity contribution in [3.63, 3.8) is 0 Å². The smallest absolute Gasteiger partial charge is 0.230 e. The lowest BCUT2D eigenvalue weighted by atomic mass is 9.95. The number of nitrogens with one attached hydrogen (secondary N) is 1. The van der Waals surface area contributed by atoms with Gasteiger partial charge in [-0.2, -0.15) is 0 Å². The first-order valence-corrected chi connectivity index (χ1v) is 9.66. The number of ether oxygens (including phenoxy) is 4. The molecule has 1 N–H and O–H groups in total. The number of carbonyl (C=O) groups excluding carboxylic acids is 1. The quantitative estimate of drug-likeness (QED) is 0.840. The Morgan fingerprint density at radius 1 is 1.07 bits per heavy atom. The van der Waals surface area contributed by atoms with Crippen LogP contribution in [0, 0.1) is 0 Å². The minimum atomic E-state index is -0.143. The van der Waals surface area contributed by atoms with Gasteiger partial charge in [-0.1, -0.05) is 0 Å². The first-order chi connectivity index (χ1) is 14.2. The molecule has 7 nitrogen and oxygen atoms in total. The third-order valence-electron chi connectivity index (χ3n) is 4.96. The van der Waals surface area contributed by atoms with E-state index in [4.69, 9.17) is 18.9 Å². The highest BCUT2D eigenvalue weighted by molar-refractivity contribution is 6.14. The van der Waals surface area contributed by atoms with Crippen molar-refractivity contribution in [3.8, 4) is 23.0 Å². The van der Waals surface area contributed by atoms with E-state index in [1.807, 2.05) is 12.1 Å². The van der Waals surface area contributed by atoms with Gasteiger partial charge >= 0.3 is 0 Å². The van der Waals surface area contributed by atoms with E-state index in [-0.39, 0.29) is 12.3 Å². The second-order valence-electron chi connectivity index (χ2n) is 6.88. The lowest BCUT2D eigenvalue weighted by Gasteiger charge is -2.19. The average Bonchev–Trinajstić information content (AvgIpc) is 2.97. The van der Waals surface area contributed by atoms with Crippen molar-refractivity contribution < 1.29 is 23.7 Å². The molecule has 0 saturated heterocycles. The summed E-state index contributed by atoms with van der Waals surface area (Å²) in [5.74, 6) is 2.52. The predicted octanol–water partition coefficient (Wildman–Crippen LogP) is 3.24. The molecule has 2 aromatic carbocycles. The molecule has 1 amide bonds. The maximum absolute atomic E-state index is 12.7. The summed E-state index contributed by atoms with van der Waals surface area (Å²) in [4.78, 5) is 17.3. The minimum absolute atomic E-state index is 0.143. The lowest BCUT2D eigenvalue weighted by molar-refractivity contribution is -0.115. The maximum atomic E-state index is 12.7. The number of benzene rings is 2. The predicted molar refractivity (Wildman–Crippen MR) is 110 cm³/mol. The second-order valence-corrected chi connectivity index (χ2v) is 6.88. The fourth-order valence-corrected chi connectivity index (χ4v) is 3.55. The largest absolute Gasteiger partial charge is 0.493 e. The molecule has 2 aliphatic rings. The molecule has 2 aliphatic heterocycles. The van der Waals surface area contributed by atoms with E-state index in [2.05, 4.69) is 10.3 Å². The molecule has 0 aliphatic carbocycles. The molecule has 2 heterocycles. The second kappa shape index (κ2) is 8.43. The molecule has 4 rings (SSSR count). The molecule has 0 saturated carbocycles. The lowest BCUT2D eigenvalue weighted by Crippen LogP contribution is -2.21. The van der Waals surface area contributed by atoms with Crippen molar-refractivity contribution in [1.29, 1.82) is 0 Å². The van der Waals surface area contributed by atoms with Crippen LogP contribution in [0.1, 0.15) is 24.0 Å². The summed E-state index contributed by atoms with van der Waals surface area (Å²) in [6.45, 7) is 1.93. The molecule has 0 fully saturated rings. The SMILES string of the molecule is COc1ccc(NC(=O)CC2=NCCc3cc4c(cc32)OCCCO4)cc1OC. The van der Waals surface area contributed by atoms with Crippen LogP contribution in [0.5, 0.6) is 23.0 Å². The maximum Gasteiger partial charge on any atom is 0.230 e. The number of carbonyl (C=O) groups is 1. The molecule has 0 aromatic heterocycles. The highest BCUT2D eigenvalue weighted by atomic mass is 16.5. The van der Waals surface area contributed by atoms with Crippen LogP contribution in [0.3, 0.4) is 0 Å². The Bertz CT molecular complexity index is 954. The van der Waals surface area contributed by atoms with Gasteiger partial charge in [-0.15, -0.1) is 0 Å². The van der Waals surface area contributed by atoms with Crippen molar-refractivity contribution in [2.75, 3.05) is 39.3 Å². The van der Waals surface area contributed by atoms with E-state index in [1.165, 1.54) is 0 Å². The topological polar surface area (TPSA) is 78.4 Å². The van der Waals surface area contributed by atoms with Gasteiger partial charge in [0, 0.05) is 30.3 Å². The Labute approximate surface area is 169 Å². The monoisotopic (exact) mass is 396 g/mol. The van der Waals surface area contributed by atoms with E-state index in [0.717, 1.165) is 41.2 Å². The van der Waals surface area contributed by atoms with Crippen LogP contribution < -0.4 is 24.3 Å². The third-order valence-corrected chi connectivity index (χ3v) is 4.96. The van der Waals surface area contributed by atoms with Crippen molar-refractivity contribution in [3.05, 3.63) is 41.5 Å². The number of fused-ring (bicyclic) bond motifs is 2. The Morgan fingerprint density at radius 2 is 1.83 bits per heavy atom. The molecule has 0 atom stereocenters. The number of amides is 1. The van der Waals surface area contributed by atoms with Gasteiger partial charge in [-0.25, -0.2) is 0 Å². The van der Waals surface area contributed by atoms with Gasteiger partial charge < -0.3 is 24.3 Å². The zero-order valence-corrected chi connectivity index (χ0v) is 16.6. The molecule has 0 radical (unpaired) electrons. The summed E-state index contributed by atoms with van der Waals surface area (Å²) in [6, 6.07) is 9.25. The number of rotatable bonds is 5. The van der Waals surface area contributed by atoms with Crippen molar-refractivity contribution in [2.24, 2.45) is 4.99 Å². The number of hydrogen-bond donors (Lipinski definition) is 1. The van der Waals surface area contributed by atoms with Crippen LogP contribution in [0.4, 0.5) is 5.69 Å². The number of nitrogens with zero attached hydrogens (tertiary/aromatic N) is 1. The average molecular weight is 396 g/mol. The molecule has 0 unspecified atom stereocenters. The number of methoxy groups -OCH3 is 2. The molecular weight excluding hydrogens is 372 g/mol. The number of anilines is 1. The Morgan fingerprint density at radius 3 is 2.59 bits per heavy atom. The Kier molecular flexibility index (Phi) is 5.55. The van der Waals surface area contributed by atoms with E-state index < -0.39 is 0 Å². The fraction of sp³-hybridized carbons (Fsp3) is 0.364. The van der Waals surface area contributed by atoms with Gasteiger partial charge in [0.1, 0.15) is 0 Å². The summed E-state index contributed by atoms with van der Waals surface area (Å²) in [7, 11) is 3.13. The standard InChI is InChI=1S/C22H24N2O5/c1-26-18-5-4-15(11-19(18)27-2)24-22(25)13-17-16-12-21-20(28-8-3-9-29-21)10-14(16)6-7-23-17/h4-5,10-12H,3,6-9,13H2,1-2H3,(H,24,25). The summed E-state index contributed by atoms with van der Waals surface area (Å²) < 4.78 is 22.1. The van der Waals surface area contributed by atoms with Crippen molar-refractivity contribution in [2.45, 2.75) is 19.3 Å². The summed E-state index contributed by atoms with van der Waals surface area (Å²) >= 11 is 0. The van der Waals surface area contributed by atoms with Crippen LogP contribution >= 0.6 is 0 Å². The summed E-state index contributed by atoms with van der Waals surface area (Å²) in [6.07, 6.45) is 1.86. The van der Waals surface area contributed by atoms with E-state index in [1.54, 1.807) is 32.4 Å². The zero-order valence-electron chi connectivity index (χ0n) is 16.6. The highest BCUT2D eigenvalue weighted by Gasteiger charge is 2.22. The van der Waals surface area contributed by atoms with Gasteiger partial charge in [-0.05, 0) is 36.2 Å². The summed E-state index contributed by atoms with van der Waals surface area (Å²) in [5, 5.41) is 2.91. The van der Waals surface area contributed by atoms with Gasteiger partial charge in [0.15, 0.2) is 23.0 Å². The third kappa shape index (κ3) is 4.13. The number of aliphatic imine (C=N–C) groups is 1. The van der Waals surface area contributed by atoms with Crippen LogP contribution in [-0.4, -0.2) is 45.6 Å². The van der Waals surface area contributed by atoms with Gasteiger partial charge in [0.25, 0.3) is 0 Å². The Balaban J connectivity index is 1.51. The molecular formula is C22H24N2O5. The molecule has 7 heteroatoms. The summed E-state index contributed by atoms with van der Waals surface area (Å²) in [5.41, 5.74) is 3.50. The Hall–Kier alpha value is -3.22. The molecule has 2 aromatic rings. The number of hydrogen-bond acceptors (Lipinski definition) is 6. The van der Waals surface area contributed by atoms with Gasteiger partial charge in [0.2, 0.25) is 5.91 Å². The molecule has 0 spiro atoms. The van der Waals surface area contributed by atoms with E-state index in [9.17, 15) is 4.79 Å². The fourth-order valence-electron chi connectivity index (χ4n) is 3.55. The van der Waals surface area contributed by atoms with Gasteiger partial charge in [0.05, 0.1) is 39.6 Å². The highest BCUT2D eigenvalue weighted by Crippen LogP contribution is 2.35. The molecule has 0 bridgehead atoms. The van der Waals surface area contributed by atoms with Crippen LogP contribution in [0.15, 0.2) is 35.3 Å². The van der Waals surface area contributed by atoms with Crippen molar-refractivity contribution in [1.82, 2.24) is 0 Å². The normalized spacial score (nSPS) is 14.9. The van der Waals surface area contributed by atoms with E-state index >= 15 is 0 Å². The molecule has 152 valence electrons. The molecule has 29 heavy (non-hydrogen) atoms. The van der Waals surface area contributed by atoms with Crippen LogP contribution in [-0.2, 0) is 11.2 Å². The van der Waals surface area contributed by atoms with Crippen LogP contribution in [0.25, 0.3) is 0 Å². The minimum Gasteiger partial charge on any atom is -0.493 e. The van der Waals surface area contributed by atoms with Crippen LogP contribution in [0.2, 0.25) is 0 Å². The van der Waals surface area contributed by atoms with Crippen molar-refractivity contribution >= 4 is 17.3 Å². The zero-order chi connectivity index (χ0) is 20.2.